The van der Waals surface area contributed by atoms with Crippen LogP contribution in [0.3, 0.4) is 0 Å². The molecule has 1 aliphatic heterocycles. The molecule has 1 fully saturated rings. The molecule has 3 heteroatoms. The van der Waals surface area contributed by atoms with Gasteiger partial charge >= 0.3 is 0 Å². The third-order valence-corrected chi connectivity index (χ3v) is 4.17. The predicted octanol–water partition coefficient (Wildman–Crippen LogP) is 3.26. The number of nitrogens with zero attached hydrogens (tertiary/aromatic N) is 1. The summed E-state index contributed by atoms with van der Waals surface area (Å²) in [6.45, 7) is 11.8. The highest BCUT2D eigenvalue weighted by Crippen LogP contribution is 2.28. The Kier molecular flexibility index (Phi) is 5.65. The first-order valence-electron chi connectivity index (χ1n) is 7.98. The van der Waals surface area contributed by atoms with Gasteiger partial charge in [0.25, 0.3) is 0 Å². The third-order valence-electron chi connectivity index (χ3n) is 4.17. The van der Waals surface area contributed by atoms with Gasteiger partial charge in [-0.15, -0.1) is 0 Å². The van der Waals surface area contributed by atoms with Gasteiger partial charge in [-0.25, -0.2) is 0 Å². The van der Waals surface area contributed by atoms with Crippen molar-refractivity contribution in [2.75, 3.05) is 40.0 Å². The number of methoxy groups -OCH3 is 1. The maximum absolute atomic E-state index is 5.52. The van der Waals surface area contributed by atoms with Gasteiger partial charge < -0.3 is 9.47 Å². The lowest BCUT2D eigenvalue weighted by molar-refractivity contribution is 0.0374. The van der Waals surface area contributed by atoms with Crippen molar-refractivity contribution in [1.29, 1.82) is 0 Å². The lowest BCUT2D eigenvalue weighted by Gasteiger charge is -2.26. The zero-order valence-corrected chi connectivity index (χ0v) is 13.9. The van der Waals surface area contributed by atoms with Crippen LogP contribution in [0.25, 0.3) is 0 Å². The Bertz CT molecular complexity index is 445. The number of hydrogen-bond acceptors (Lipinski definition) is 3. The molecule has 0 radical (unpaired) electrons. The zero-order valence-electron chi connectivity index (χ0n) is 13.9. The Morgan fingerprint density at radius 1 is 1.19 bits per heavy atom. The van der Waals surface area contributed by atoms with E-state index in [1.807, 2.05) is 0 Å². The summed E-state index contributed by atoms with van der Waals surface area (Å²) >= 11 is 0. The van der Waals surface area contributed by atoms with Crippen LogP contribution in [0.2, 0.25) is 0 Å². The summed E-state index contributed by atoms with van der Waals surface area (Å²) in [5.74, 6) is 1.02. The van der Waals surface area contributed by atoms with Crippen LogP contribution in [0, 0.1) is 0 Å². The molecule has 118 valence electrons. The van der Waals surface area contributed by atoms with E-state index >= 15 is 0 Å². The Morgan fingerprint density at radius 2 is 1.90 bits per heavy atom. The summed E-state index contributed by atoms with van der Waals surface area (Å²) in [7, 11) is 1.76. The highest BCUT2D eigenvalue weighted by molar-refractivity contribution is 5.39. The topological polar surface area (TPSA) is 21.7 Å². The molecule has 21 heavy (non-hydrogen) atoms. The Balaban J connectivity index is 1.96. The maximum Gasteiger partial charge on any atom is 0.122 e. The monoisotopic (exact) mass is 291 g/mol. The molecule has 0 bridgehead atoms. The van der Waals surface area contributed by atoms with Crippen molar-refractivity contribution < 1.29 is 9.47 Å². The van der Waals surface area contributed by atoms with E-state index in [4.69, 9.17) is 9.47 Å². The molecule has 1 heterocycles. The van der Waals surface area contributed by atoms with E-state index in [0.29, 0.717) is 0 Å². The van der Waals surface area contributed by atoms with Crippen molar-refractivity contribution in [2.45, 2.75) is 39.0 Å². The van der Waals surface area contributed by atoms with Crippen molar-refractivity contribution in [3.8, 4) is 5.75 Å². The smallest absolute Gasteiger partial charge is 0.122 e. The summed E-state index contributed by atoms with van der Waals surface area (Å²) in [6, 6.07) is 6.62. The first-order chi connectivity index (χ1) is 10.0. The summed E-state index contributed by atoms with van der Waals surface area (Å²) in [4.78, 5) is 2.49. The van der Waals surface area contributed by atoms with Gasteiger partial charge in [0, 0.05) is 13.1 Å². The molecule has 0 atom stereocenters. The van der Waals surface area contributed by atoms with E-state index < -0.39 is 0 Å². The fourth-order valence-corrected chi connectivity index (χ4v) is 2.76. The van der Waals surface area contributed by atoms with Gasteiger partial charge in [-0.3, -0.25) is 4.90 Å². The number of aryl methyl sites for hydroxylation is 1. The largest absolute Gasteiger partial charge is 0.496 e. The summed E-state index contributed by atoms with van der Waals surface area (Å²) in [6.07, 6.45) is 2.24. The quantitative estimate of drug-likeness (QED) is 0.831. The minimum atomic E-state index is 0.186. The molecule has 0 aliphatic carbocycles. The second-order valence-electron chi connectivity index (χ2n) is 6.83. The molecule has 3 nitrogen and oxygen atoms in total. The molecule has 1 aromatic rings. The SMILES string of the molecule is COc1ccc(C(C)(C)C)cc1CCCN1CCOCC1. The average Bonchev–Trinajstić information content (AvgIpc) is 2.47. The average molecular weight is 291 g/mol. The van der Waals surface area contributed by atoms with E-state index in [0.717, 1.165) is 45.0 Å². The van der Waals surface area contributed by atoms with E-state index in [9.17, 15) is 0 Å². The van der Waals surface area contributed by atoms with Crippen molar-refractivity contribution in [3.05, 3.63) is 29.3 Å². The number of ether oxygens (including phenoxy) is 2. The van der Waals surface area contributed by atoms with Crippen LogP contribution in [0.5, 0.6) is 5.75 Å². The van der Waals surface area contributed by atoms with Gasteiger partial charge in [0.1, 0.15) is 5.75 Å². The molecule has 0 aromatic heterocycles. The van der Waals surface area contributed by atoms with Gasteiger partial charge in [0.05, 0.1) is 20.3 Å². The lowest BCUT2D eigenvalue weighted by atomic mass is 9.85. The second-order valence-corrected chi connectivity index (χ2v) is 6.83. The summed E-state index contributed by atoms with van der Waals surface area (Å²) < 4.78 is 10.9. The summed E-state index contributed by atoms with van der Waals surface area (Å²) in [5, 5.41) is 0. The van der Waals surface area contributed by atoms with Crippen LogP contribution < -0.4 is 4.74 Å². The zero-order chi connectivity index (χ0) is 15.3. The van der Waals surface area contributed by atoms with Crippen LogP contribution in [-0.2, 0) is 16.6 Å². The first-order valence-corrected chi connectivity index (χ1v) is 7.98. The molecule has 0 amide bonds. The highest BCUT2D eigenvalue weighted by atomic mass is 16.5. The molecule has 1 aliphatic rings. The number of benzene rings is 1. The second kappa shape index (κ2) is 7.28. The molecule has 2 rings (SSSR count). The standard InChI is InChI=1S/C18H29NO2/c1-18(2,3)16-7-8-17(20-4)15(14-16)6-5-9-19-10-12-21-13-11-19/h7-8,14H,5-6,9-13H2,1-4H3. The normalized spacial score (nSPS) is 17.0. The lowest BCUT2D eigenvalue weighted by Crippen LogP contribution is -2.36. The molecular weight excluding hydrogens is 262 g/mol. The molecule has 1 saturated heterocycles. The van der Waals surface area contributed by atoms with Crippen molar-refractivity contribution >= 4 is 0 Å². The summed E-state index contributed by atoms with van der Waals surface area (Å²) in [5.41, 5.74) is 2.90. The van der Waals surface area contributed by atoms with Crippen LogP contribution in [0.15, 0.2) is 18.2 Å². The molecule has 0 saturated carbocycles. The minimum Gasteiger partial charge on any atom is -0.496 e. The van der Waals surface area contributed by atoms with Gasteiger partial charge in [-0.1, -0.05) is 32.9 Å². The molecular formula is C18H29NO2. The maximum atomic E-state index is 5.52. The van der Waals surface area contributed by atoms with Crippen LogP contribution in [0.4, 0.5) is 0 Å². The molecule has 1 aromatic carbocycles. The molecule has 0 unspecified atom stereocenters. The highest BCUT2D eigenvalue weighted by Gasteiger charge is 2.16. The van der Waals surface area contributed by atoms with Crippen LogP contribution in [-0.4, -0.2) is 44.9 Å². The fraction of sp³-hybridized carbons (Fsp3) is 0.667. The van der Waals surface area contributed by atoms with Crippen molar-refractivity contribution in [3.63, 3.8) is 0 Å². The van der Waals surface area contributed by atoms with E-state index in [1.165, 1.54) is 17.5 Å². The van der Waals surface area contributed by atoms with Gasteiger partial charge in [0.2, 0.25) is 0 Å². The van der Waals surface area contributed by atoms with Gasteiger partial charge in [-0.05, 0) is 42.0 Å². The fourth-order valence-electron chi connectivity index (χ4n) is 2.76. The Labute approximate surface area is 129 Å². The van der Waals surface area contributed by atoms with E-state index in [2.05, 4.69) is 43.9 Å². The number of rotatable bonds is 5. The van der Waals surface area contributed by atoms with E-state index in [-0.39, 0.29) is 5.41 Å². The molecule has 0 spiro atoms. The van der Waals surface area contributed by atoms with Gasteiger partial charge in [-0.2, -0.15) is 0 Å². The van der Waals surface area contributed by atoms with Crippen molar-refractivity contribution in [1.82, 2.24) is 4.90 Å². The Morgan fingerprint density at radius 3 is 2.52 bits per heavy atom. The molecule has 0 N–H and O–H groups in total. The predicted molar refractivity (Wildman–Crippen MR) is 87.3 cm³/mol. The minimum absolute atomic E-state index is 0.186. The van der Waals surface area contributed by atoms with Crippen molar-refractivity contribution in [2.24, 2.45) is 0 Å². The third kappa shape index (κ3) is 4.72. The number of morpholine rings is 1. The van der Waals surface area contributed by atoms with E-state index in [1.54, 1.807) is 7.11 Å². The number of hydrogen-bond donors (Lipinski definition) is 0. The van der Waals surface area contributed by atoms with Crippen LogP contribution in [0.1, 0.15) is 38.3 Å². The first kappa shape index (κ1) is 16.3. The Hall–Kier alpha value is -1.06. The van der Waals surface area contributed by atoms with Gasteiger partial charge in [0.15, 0.2) is 0 Å². The van der Waals surface area contributed by atoms with Crippen LogP contribution >= 0.6 is 0 Å².